The standard InChI is InChI=1S/C22H35N3O5S2/c1-14-20(25-13-19(22(2,3)26)31-21(25)23-14)15-5-7-17(29-4)18(8-6-15)32(27,28)24-16-9-11-30-12-10-16/h13,15-18,24,26H,5-12H2,1-4H3. The summed E-state index contributed by atoms with van der Waals surface area (Å²) in [5.41, 5.74) is 1.17. The largest absolute Gasteiger partial charge is 0.385 e. The van der Waals surface area contributed by atoms with Gasteiger partial charge in [-0.3, -0.25) is 4.40 Å². The van der Waals surface area contributed by atoms with Crippen molar-refractivity contribution in [2.45, 2.75) is 88.2 Å². The van der Waals surface area contributed by atoms with Gasteiger partial charge in [-0.1, -0.05) is 11.3 Å². The molecule has 2 aliphatic rings. The number of imidazole rings is 1. The predicted molar refractivity (Wildman–Crippen MR) is 125 cm³/mol. The molecule has 8 nitrogen and oxygen atoms in total. The van der Waals surface area contributed by atoms with Crippen LogP contribution in [0.3, 0.4) is 0 Å². The molecule has 2 N–H and O–H groups in total. The lowest BCUT2D eigenvalue weighted by Gasteiger charge is -2.28. The van der Waals surface area contributed by atoms with Crippen LogP contribution >= 0.6 is 11.3 Å². The zero-order valence-corrected chi connectivity index (χ0v) is 21.0. The van der Waals surface area contributed by atoms with Crippen LogP contribution in [0.1, 0.15) is 74.6 Å². The fraction of sp³-hybridized carbons (Fsp3) is 0.773. The minimum atomic E-state index is -3.51. The summed E-state index contributed by atoms with van der Waals surface area (Å²) in [6.45, 7) is 6.76. The van der Waals surface area contributed by atoms with Gasteiger partial charge in [-0.15, -0.1) is 0 Å². The molecular weight excluding hydrogens is 450 g/mol. The normalized spacial score (nSPS) is 26.5. The van der Waals surface area contributed by atoms with Crippen LogP contribution in [-0.4, -0.2) is 60.6 Å². The number of hydrogen-bond donors (Lipinski definition) is 2. The van der Waals surface area contributed by atoms with Gasteiger partial charge in [0.2, 0.25) is 10.0 Å². The number of ether oxygens (including phenoxy) is 2. The SMILES string of the molecule is COC1CCC(c2c(C)nc3sc(C(C)(C)O)cn23)CCC1S(=O)(=O)NC1CCOCC1. The van der Waals surface area contributed by atoms with Crippen LogP contribution in [0, 0.1) is 6.92 Å². The second kappa shape index (κ2) is 9.31. The van der Waals surface area contributed by atoms with Crippen LogP contribution in [0.4, 0.5) is 0 Å². The molecule has 1 aliphatic carbocycles. The third-order valence-electron chi connectivity index (χ3n) is 6.80. The van der Waals surface area contributed by atoms with Crippen molar-refractivity contribution in [3.05, 3.63) is 22.5 Å². The van der Waals surface area contributed by atoms with E-state index in [2.05, 4.69) is 9.12 Å². The number of aromatic nitrogens is 2. The van der Waals surface area contributed by atoms with Crippen molar-refractivity contribution in [3.63, 3.8) is 0 Å². The number of fused-ring (bicyclic) bond motifs is 1. The van der Waals surface area contributed by atoms with Crippen molar-refractivity contribution in [3.8, 4) is 0 Å². The number of rotatable bonds is 6. The van der Waals surface area contributed by atoms with Crippen molar-refractivity contribution in [2.24, 2.45) is 0 Å². The fourth-order valence-electron chi connectivity index (χ4n) is 5.03. The number of nitrogens with zero attached hydrogens (tertiary/aromatic N) is 2. The van der Waals surface area contributed by atoms with Gasteiger partial charge >= 0.3 is 0 Å². The Balaban J connectivity index is 1.57. The summed E-state index contributed by atoms with van der Waals surface area (Å²) in [6.07, 6.45) is 5.87. The first kappa shape index (κ1) is 24.1. The maximum atomic E-state index is 13.3. The molecule has 0 aromatic carbocycles. The van der Waals surface area contributed by atoms with Crippen molar-refractivity contribution in [1.29, 1.82) is 0 Å². The van der Waals surface area contributed by atoms with Gasteiger partial charge in [0.1, 0.15) is 5.25 Å². The molecule has 0 amide bonds. The molecule has 4 rings (SSSR count). The van der Waals surface area contributed by atoms with Gasteiger partial charge < -0.3 is 14.6 Å². The van der Waals surface area contributed by atoms with Crippen LogP contribution < -0.4 is 4.72 Å². The van der Waals surface area contributed by atoms with E-state index in [4.69, 9.17) is 14.5 Å². The zero-order valence-electron chi connectivity index (χ0n) is 19.3. The minimum Gasteiger partial charge on any atom is -0.385 e. The molecule has 180 valence electrons. The minimum absolute atomic E-state index is 0.0620. The van der Waals surface area contributed by atoms with Crippen molar-refractivity contribution in [2.75, 3.05) is 20.3 Å². The third-order valence-corrected chi connectivity index (χ3v) is 10.1. The van der Waals surface area contributed by atoms with E-state index in [0.29, 0.717) is 38.9 Å². The van der Waals surface area contributed by atoms with E-state index in [1.807, 2.05) is 13.1 Å². The molecule has 0 spiro atoms. The van der Waals surface area contributed by atoms with Crippen LogP contribution in [0.5, 0.6) is 0 Å². The molecule has 3 heterocycles. The first-order chi connectivity index (χ1) is 15.1. The zero-order chi connectivity index (χ0) is 23.1. The van der Waals surface area contributed by atoms with E-state index >= 15 is 0 Å². The van der Waals surface area contributed by atoms with E-state index in [1.54, 1.807) is 21.0 Å². The molecule has 3 unspecified atom stereocenters. The van der Waals surface area contributed by atoms with Crippen molar-refractivity contribution >= 4 is 26.3 Å². The first-order valence-electron chi connectivity index (χ1n) is 11.4. The van der Waals surface area contributed by atoms with Crippen LogP contribution in [0.25, 0.3) is 4.96 Å². The average molecular weight is 486 g/mol. The molecule has 10 heteroatoms. The summed E-state index contributed by atoms with van der Waals surface area (Å²) in [4.78, 5) is 6.47. The second-order valence-electron chi connectivity index (χ2n) is 9.60. The quantitative estimate of drug-likeness (QED) is 0.610. The first-order valence-corrected chi connectivity index (χ1v) is 13.8. The topological polar surface area (TPSA) is 102 Å². The Hall–Kier alpha value is -1.04. The third kappa shape index (κ3) is 4.90. The molecule has 1 saturated heterocycles. The molecule has 1 aliphatic heterocycles. The second-order valence-corrected chi connectivity index (χ2v) is 12.5. The molecule has 32 heavy (non-hydrogen) atoms. The van der Waals surface area contributed by atoms with E-state index in [9.17, 15) is 13.5 Å². The van der Waals surface area contributed by atoms with E-state index < -0.39 is 20.9 Å². The van der Waals surface area contributed by atoms with Crippen LogP contribution in [0.2, 0.25) is 0 Å². The van der Waals surface area contributed by atoms with Crippen LogP contribution in [0.15, 0.2) is 6.20 Å². The van der Waals surface area contributed by atoms with Gasteiger partial charge in [0.25, 0.3) is 0 Å². The van der Waals surface area contributed by atoms with Crippen molar-refractivity contribution in [1.82, 2.24) is 14.1 Å². The highest BCUT2D eigenvalue weighted by atomic mass is 32.2. The summed E-state index contributed by atoms with van der Waals surface area (Å²) < 4.78 is 42.7. The van der Waals surface area contributed by atoms with E-state index in [1.165, 1.54) is 11.3 Å². The Morgan fingerprint density at radius 2 is 1.91 bits per heavy atom. The summed E-state index contributed by atoms with van der Waals surface area (Å²) in [7, 11) is -1.90. The number of sulfonamides is 1. The fourth-order valence-corrected chi connectivity index (χ4v) is 8.03. The van der Waals surface area contributed by atoms with E-state index in [0.717, 1.165) is 34.1 Å². The highest BCUT2D eigenvalue weighted by molar-refractivity contribution is 7.90. The Morgan fingerprint density at radius 1 is 1.22 bits per heavy atom. The Kier molecular flexibility index (Phi) is 7.01. The maximum Gasteiger partial charge on any atom is 0.217 e. The number of nitrogens with one attached hydrogen (secondary N) is 1. The lowest BCUT2D eigenvalue weighted by Crippen LogP contribution is -2.47. The van der Waals surface area contributed by atoms with Gasteiger partial charge in [-0.25, -0.2) is 18.1 Å². The number of aryl methyl sites for hydroxylation is 1. The van der Waals surface area contributed by atoms with Gasteiger partial charge in [-0.2, -0.15) is 0 Å². The summed E-state index contributed by atoms with van der Waals surface area (Å²) in [6, 6.07) is -0.0620. The highest BCUT2D eigenvalue weighted by Crippen LogP contribution is 2.39. The van der Waals surface area contributed by atoms with E-state index in [-0.39, 0.29) is 18.1 Å². The Labute approximate surface area is 194 Å². The van der Waals surface area contributed by atoms with Gasteiger partial charge in [-0.05, 0) is 59.3 Å². The van der Waals surface area contributed by atoms with Gasteiger partial charge in [0, 0.05) is 44.2 Å². The van der Waals surface area contributed by atoms with Crippen molar-refractivity contribution < 1.29 is 23.0 Å². The molecule has 2 aromatic rings. The average Bonchev–Trinajstić information content (AvgIpc) is 3.17. The summed E-state index contributed by atoms with van der Waals surface area (Å²) in [5.74, 6) is 0.190. The number of hydrogen-bond acceptors (Lipinski definition) is 7. The van der Waals surface area contributed by atoms with Crippen LogP contribution in [-0.2, 0) is 25.1 Å². The van der Waals surface area contributed by atoms with Gasteiger partial charge in [0.05, 0.1) is 22.3 Å². The Morgan fingerprint density at radius 3 is 2.56 bits per heavy atom. The molecule has 1 saturated carbocycles. The maximum absolute atomic E-state index is 13.3. The smallest absolute Gasteiger partial charge is 0.217 e. The number of aliphatic hydroxyl groups is 1. The van der Waals surface area contributed by atoms with Gasteiger partial charge in [0.15, 0.2) is 4.96 Å². The lowest BCUT2D eigenvalue weighted by atomic mass is 9.95. The monoisotopic (exact) mass is 485 g/mol. The molecule has 0 bridgehead atoms. The molecule has 0 radical (unpaired) electrons. The summed E-state index contributed by atoms with van der Waals surface area (Å²) >= 11 is 1.50. The molecular formula is C22H35N3O5S2. The number of thiazole rings is 1. The predicted octanol–water partition coefficient (Wildman–Crippen LogP) is 3.07. The Bertz CT molecular complexity index is 1030. The lowest BCUT2D eigenvalue weighted by molar-refractivity contribution is 0.0810. The highest BCUT2D eigenvalue weighted by Gasteiger charge is 2.39. The molecule has 2 aromatic heterocycles. The molecule has 2 fully saturated rings. The molecule has 3 atom stereocenters. The summed E-state index contributed by atoms with van der Waals surface area (Å²) in [5, 5.41) is 9.85. The number of methoxy groups -OCH3 is 1.